The first-order valence-corrected chi connectivity index (χ1v) is 6.84. The highest BCUT2D eigenvalue weighted by atomic mass is 35.5. The van der Waals surface area contributed by atoms with Crippen molar-refractivity contribution in [1.82, 2.24) is 0 Å². The molecule has 0 radical (unpaired) electrons. The minimum atomic E-state index is 0. The molecule has 0 bridgehead atoms. The molecule has 0 fully saturated rings. The maximum Gasteiger partial charge on any atom is 0.0836 e. The summed E-state index contributed by atoms with van der Waals surface area (Å²) < 4.78 is 3.33. The van der Waals surface area contributed by atoms with E-state index >= 15 is 0 Å². The monoisotopic (exact) mass is 351 g/mol. The van der Waals surface area contributed by atoms with Crippen LogP contribution in [0.15, 0.2) is 0 Å². The SMILES string of the molecule is C[N+](C)(C)CCC[N+](C)(C)CCC[N+](C)(C)C.[Cl-].[Cl-].[Cl-]. The molecule has 20 heavy (non-hydrogen) atoms. The Morgan fingerprint density at radius 2 is 0.700 bits per heavy atom. The smallest absolute Gasteiger partial charge is 0.0836 e. The zero-order chi connectivity index (χ0) is 13.7. The van der Waals surface area contributed by atoms with E-state index in [0.29, 0.717) is 0 Å². The van der Waals surface area contributed by atoms with Gasteiger partial charge < -0.3 is 50.7 Å². The van der Waals surface area contributed by atoms with Crippen molar-refractivity contribution in [1.29, 1.82) is 0 Å². The van der Waals surface area contributed by atoms with Crippen LogP contribution >= 0.6 is 0 Å². The maximum atomic E-state index is 2.37. The molecule has 0 aliphatic rings. The van der Waals surface area contributed by atoms with Gasteiger partial charge >= 0.3 is 0 Å². The van der Waals surface area contributed by atoms with Crippen LogP contribution in [0.4, 0.5) is 0 Å². The zero-order valence-corrected chi connectivity index (χ0v) is 17.0. The Morgan fingerprint density at radius 3 is 0.900 bits per heavy atom. The quantitative estimate of drug-likeness (QED) is 0.381. The van der Waals surface area contributed by atoms with Gasteiger partial charge in [0.2, 0.25) is 0 Å². The summed E-state index contributed by atoms with van der Waals surface area (Å²) in [4.78, 5) is 0. The van der Waals surface area contributed by atoms with Crippen LogP contribution in [0.3, 0.4) is 0 Å². The van der Waals surface area contributed by atoms with Crippen LogP contribution in [0.25, 0.3) is 0 Å². The minimum absolute atomic E-state index is 0. The van der Waals surface area contributed by atoms with Gasteiger partial charge in [-0.2, -0.15) is 0 Å². The molecule has 0 spiro atoms. The summed E-state index contributed by atoms with van der Waals surface area (Å²) in [6.07, 6.45) is 2.64. The van der Waals surface area contributed by atoms with Gasteiger partial charge in [0.05, 0.1) is 82.6 Å². The average molecular weight is 353 g/mol. The molecule has 0 aromatic rings. The van der Waals surface area contributed by atoms with E-state index in [1.807, 2.05) is 0 Å². The second-order valence-electron chi connectivity index (χ2n) is 8.12. The molecular weight excluding hydrogens is 317 g/mol. The molecule has 0 unspecified atom stereocenters. The summed E-state index contributed by atoms with van der Waals surface area (Å²) in [5, 5.41) is 0. The van der Waals surface area contributed by atoms with Gasteiger partial charge in [-0.15, -0.1) is 0 Å². The van der Waals surface area contributed by atoms with Crippen molar-refractivity contribution in [3.05, 3.63) is 0 Å². The lowest BCUT2D eigenvalue weighted by atomic mass is 10.2. The third kappa shape index (κ3) is 21.1. The summed E-state index contributed by atoms with van der Waals surface area (Å²) in [5.41, 5.74) is 0. The number of nitrogens with zero attached hydrogens (tertiary/aromatic N) is 3. The van der Waals surface area contributed by atoms with Crippen LogP contribution in [-0.4, -0.2) is 96.0 Å². The van der Waals surface area contributed by atoms with E-state index in [9.17, 15) is 0 Å². The summed E-state index contributed by atoms with van der Waals surface area (Å²) in [7, 11) is 18.4. The third-order valence-electron chi connectivity index (χ3n) is 3.18. The van der Waals surface area contributed by atoms with Crippen molar-refractivity contribution < 1.29 is 50.7 Å². The number of halogens is 3. The van der Waals surface area contributed by atoms with Gasteiger partial charge in [-0.1, -0.05) is 0 Å². The second-order valence-corrected chi connectivity index (χ2v) is 8.12. The Balaban J connectivity index is -0.000000427. The molecule has 3 nitrogen and oxygen atoms in total. The number of hydrogen-bond donors (Lipinski definition) is 0. The molecule has 0 aromatic carbocycles. The predicted molar refractivity (Wildman–Crippen MR) is 76.9 cm³/mol. The molecule has 128 valence electrons. The van der Waals surface area contributed by atoms with Crippen LogP contribution in [0.1, 0.15) is 12.8 Å². The largest absolute Gasteiger partial charge is 1.00 e. The van der Waals surface area contributed by atoms with Crippen LogP contribution in [0, 0.1) is 0 Å². The van der Waals surface area contributed by atoms with Crippen molar-refractivity contribution in [2.24, 2.45) is 0 Å². The molecule has 0 N–H and O–H groups in total. The predicted octanol–water partition coefficient (Wildman–Crippen LogP) is -7.73. The van der Waals surface area contributed by atoms with E-state index in [2.05, 4.69) is 56.4 Å². The van der Waals surface area contributed by atoms with Crippen molar-refractivity contribution in [3.63, 3.8) is 0 Å². The van der Waals surface area contributed by atoms with Crippen molar-refractivity contribution in [3.8, 4) is 0 Å². The highest BCUT2D eigenvalue weighted by Gasteiger charge is 2.18. The molecule has 0 heterocycles. The first-order chi connectivity index (χ1) is 7.41. The topological polar surface area (TPSA) is 0 Å². The van der Waals surface area contributed by atoms with E-state index in [0.717, 1.165) is 8.97 Å². The Labute approximate surface area is 146 Å². The molecule has 0 rings (SSSR count). The van der Waals surface area contributed by atoms with Crippen LogP contribution in [-0.2, 0) is 0 Å². The molecule has 6 heteroatoms. The molecule has 0 aromatic heterocycles. The van der Waals surface area contributed by atoms with Crippen molar-refractivity contribution in [2.75, 3.05) is 82.6 Å². The lowest BCUT2D eigenvalue weighted by Crippen LogP contribution is -3.00. The van der Waals surface area contributed by atoms with Gasteiger partial charge in [0.25, 0.3) is 0 Å². The summed E-state index contributed by atoms with van der Waals surface area (Å²) >= 11 is 0. The maximum absolute atomic E-state index is 2.37. The first-order valence-electron chi connectivity index (χ1n) is 6.84. The fraction of sp³-hybridized carbons (Fsp3) is 1.00. The van der Waals surface area contributed by atoms with Crippen LogP contribution in [0.5, 0.6) is 0 Å². The van der Waals surface area contributed by atoms with Gasteiger partial charge in [0, 0.05) is 12.8 Å². The number of rotatable bonds is 8. The Hall–Kier alpha value is 0.750. The van der Waals surface area contributed by atoms with Gasteiger partial charge in [-0.05, 0) is 0 Å². The van der Waals surface area contributed by atoms with E-state index < -0.39 is 0 Å². The van der Waals surface area contributed by atoms with Crippen LogP contribution in [0.2, 0.25) is 0 Å². The normalized spacial score (nSPS) is 12.0. The summed E-state index contributed by atoms with van der Waals surface area (Å²) in [6.45, 7) is 5.15. The average Bonchev–Trinajstić information content (AvgIpc) is 1.96. The lowest BCUT2D eigenvalue weighted by Gasteiger charge is -2.33. The van der Waals surface area contributed by atoms with E-state index in [-0.39, 0.29) is 37.2 Å². The Kier molecular flexibility index (Phi) is 16.3. The Morgan fingerprint density at radius 1 is 0.450 bits per heavy atom. The summed E-state index contributed by atoms with van der Waals surface area (Å²) in [5.74, 6) is 0. The Bertz CT molecular complexity index is 199. The first kappa shape index (κ1) is 28.8. The fourth-order valence-electron chi connectivity index (χ4n) is 2.06. The molecule has 0 amide bonds. The minimum Gasteiger partial charge on any atom is -1.00 e. The lowest BCUT2D eigenvalue weighted by molar-refractivity contribution is -0.909. The molecule has 0 aliphatic heterocycles. The van der Waals surface area contributed by atoms with E-state index in [1.165, 1.54) is 43.5 Å². The molecule has 0 saturated carbocycles. The zero-order valence-electron chi connectivity index (χ0n) is 14.7. The van der Waals surface area contributed by atoms with Gasteiger partial charge in [0.1, 0.15) is 0 Å². The molecular formula is C14H36Cl3N3. The number of quaternary nitrogens is 3. The van der Waals surface area contributed by atoms with Crippen molar-refractivity contribution in [2.45, 2.75) is 12.8 Å². The number of hydrogen-bond acceptors (Lipinski definition) is 0. The molecule has 0 atom stereocenters. The molecule has 0 saturated heterocycles. The summed E-state index contributed by atoms with van der Waals surface area (Å²) in [6, 6.07) is 0. The third-order valence-corrected chi connectivity index (χ3v) is 3.18. The van der Waals surface area contributed by atoms with Crippen molar-refractivity contribution >= 4 is 0 Å². The highest BCUT2D eigenvalue weighted by Crippen LogP contribution is 2.05. The second kappa shape index (κ2) is 11.3. The molecule has 0 aliphatic carbocycles. The van der Waals surface area contributed by atoms with E-state index in [1.54, 1.807) is 0 Å². The van der Waals surface area contributed by atoms with Gasteiger partial charge in [0.15, 0.2) is 0 Å². The van der Waals surface area contributed by atoms with E-state index in [4.69, 9.17) is 0 Å². The van der Waals surface area contributed by atoms with Crippen LogP contribution < -0.4 is 37.2 Å². The highest BCUT2D eigenvalue weighted by molar-refractivity contribution is 4.40. The standard InChI is InChI=1S/C14H36N3.3ClH/c1-15(2,3)11-9-13-17(7,8)14-10-12-16(4,5)6;;;/h9-14H2,1-8H3;3*1H/q+3;;;/p-3. The van der Waals surface area contributed by atoms with Gasteiger partial charge in [-0.25, -0.2) is 0 Å². The van der Waals surface area contributed by atoms with Gasteiger partial charge in [-0.3, -0.25) is 0 Å². The fourth-order valence-corrected chi connectivity index (χ4v) is 2.06.